The molecule has 1 aliphatic rings. The van der Waals surface area contributed by atoms with Crippen molar-refractivity contribution in [2.45, 2.75) is 19.1 Å². The third-order valence-electron chi connectivity index (χ3n) is 4.91. The summed E-state index contributed by atoms with van der Waals surface area (Å²) in [5.74, 6) is 0.266. The van der Waals surface area contributed by atoms with E-state index in [0.29, 0.717) is 0 Å². The Morgan fingerprint density at radius 1 is 1.09 bits per heavy atom. The Morgan fingerprint density at radius 2 is 1.91 bits per heavy atom. The van der Waals surface area contributed by atoms with E-state index in [9.17, 15) is 13.6 Å². The van der Waals surface area contributed by atoms with Crippen molar-refractivity contribution in [3.05, 3.63) is 67.4 Å². The molecule has 3 heterocycles. The van der Waals surface area contributed by atoms with Gasteiger partial charge in [-0.05, 0) is 30.7 Å². The van der Waals surface area contributed by atoms with Crippen LogP contribution in [0.15, 0.2) is 67.4 Å². The molecule has 3 aromatic rings. The topological polar surface area (TPSA) is 89.5 Å². The fourth-order valence-corrected chi connectivity index (χ4v) is 3.45. The van der Waals surface area contributed by atoms with Gasteiger partial charge in [-0.1, -0.05) is 6.07 Å². The Bertz CT molecular complexity index is 1110. The number of rotatable bonds is 9. The predicted molar refractivity (Wildman–Crippen MR) is 117 cm³/mol. The van der Waals surface area contributed by atoms with Crippen LogP contribution in [0.25, 0.3) is 11.1 Å². The Balaban J connectivity index is 1.39. The number of hydrogen-bond acceptors (Lipinski definition) is 8. The summed E-state index contributed by atoms with van der Waals surface area (Å²) in [5, 5.41) is 3.46. The summed E-state index contributed by atoms with van der Waals surface area (Å²) in [7, 11) is 0. The molecule has 1 fully saturated rings. The van der Waals surface area contributed by atoms with Crippen molar-refractivity contribution in [1.29, 1.82) is 0 Å². The number of nitrogens with one attached hydrogen (secondary N) is 1. The maximum absolute atomic E-state index is 12.4. The highest BCUT2D eigenvalue weighted by Gasteiger charge is 2.20. The van der Waals surface area contributed by atoms with Crippen molar-refractivity contribution in [2.24, 2.45) is 0 Å². The molecule has 0 unspecified atom stereocenters. The van der Waals surface area contributed by atoms with Crippen LogP contribution in [0.5, 0.6) is 17.5 Å². The standard InChI is InChI=1S/C23H21F2N5O3/c24-22(25)32-20-3-1-4-21(10-20)33-23-27-12-17(13-28-23)16-9-19(14-26-11-16)29-18-5-7-30(15-18)6-2-8-31/h1-4,6,8-14,18,22,29H,5,7,15H2/t18-/m0/s1. The monoisotopic (exact) mass is 453 g/mol. The summed E-state index contributed by atoms with van der Waals surface area (Å²) in [6.07, 6.45) is 11.7. The summed E-state index contributed by atoms with van der Waals surface area (Å²) >= 11 is 0. The molecule has 1 aromatic carbocycles. The molecule has 1 atom stereocenters. The number of aldehydes is 1. The third-order valence-corrected chi connectivity index (χ3v) is 4.91. The van der Waals surface area contributed by atoms with Gasteiger partial charge in [-0.25, -0.2) is 9.97 Å². The summed E-state index contributed by atoms with van der Waals surface area (Å²) < 4.78 is 34.6. The minimum atomic E-state index is -2.92. The van der Waals surface area contributed by atoms with Crippen molar-refractivity contribution in [2.75, 3.05) is 18.4 Å². The number of pyridine rings is 1. The van der Waals surface area contributed by atoms with Crippen molar-refractivity contribution < 1.29 is 23.0 Å². The van der Waals surface area contributed by atoms with Gasteiger partial charge in [0.05, 0.1) is 5.69 Å². The summed E-state index contributed by atoms with van der Waals surface area (Å²) in [6, 6.07) is 8.14. The zero-order valence-corrected chi connectivity index (χ0v) is 17.5. The van der Waals surface area contributed by atoms with Crippen LogP contribution >= 0.6 is 0 Å². The van der Waals surface area contributed by atoms with Crippen molar-refractivity contribution >= 4 is 12.0 Å². The molecular formula is C23H21F2N5O3. The molecule has 0 amide bonds. The second-order valence-corrected chi connectivity index (χ2v) is 7.27. The number of hydrogen-bond donors (Lipinski definition) is 1. The van der Waals surface area contributed by atoms with Gasteiger partial charge in [-0.2, -0.15) is 8.78 Å². The molecule has 0 spiro atoms. The number of allylic oxidation sites excluding steroid dienone is 1. The fourth-order valence-electron chi connectivity index (χ4n) is 3.45. The molecule has 1 N–H and O–H groups in total. The van der Waals surface area contributed by atoms with Gasteiger partial charge < -0.3 is 19.7 Å². The van der Waals surface area contributed by atoms with Crippen LogP contribution in [-0.2, 0) is 4.79 Å². The molecule has 170 valence electrons. The number of carbonyl (C=O) groups is 1. The van der Waals surface area contributed by atoms with Gasteiger partial charge in [0, 0.05) is 67.3 Å². The normalized spacial score (nSPS) is 15.7. The Labute approximate surface area is 188 Å². The van der Waals surface area contributed by atoms with Crippen LogP contribution in [0.1, 0.15) is 6.42 Å². The smallest absolute Gasteiger partial charge is 0.387 e. The average Bonchev–Trinajstić information content (AvgIpc) is 3.25. The lowest BCUT2D eigenvalue weighted by atomic mass is 10.1. The molecule has 0 bridgehead atoms. The third kappa shape index (κ3) is 6.22. The number of benzene rings is 1. The molecule has 1 aliphatic heterocycles. The second-order valence-electron chi connectivity index (χ2n) is 7.27. The molecule has 8 nitrogen and oxygen atoms in total. The van der Waals surface area contributed by atoms with E-state index in [4.69, 9.17) is 4.74 Å². The van der Waals surface area contributed by atoms with Gasteiger partial charge in [0.25, 0.3) is 0 Å². The van der Waals surface area contributed by atoms with Gasteiger partial charge >= 0.3 is 12.6 Å². The first kappa shape index (κ1) is 22.1. The highest BCUT2D eigenvalue weighted by molar-refractivity contribution is 5.65. The van der Waals surface area contributed by atoms with Crippen molar-refractivity contribution in [3.8, 4) is 28.6 Å². The van der Waals surface area contributed by atoms with Gasteiger partial charge in [0.2, 0.25) is 0 Å². The summed E-state index contributed by atoms with van der Waals surface area (Å²) in [5.41, 5.74) is 2.44. The fraction of sp³-hybridized carbons (Fsp3) is 0.217. The highest BCUT2D eigenvalue weighted by atomic mass is 19.3. The number of aromatic nitrogens is 3. The number of nitrogens with zero attached hydrogens (tertiary/aromatic N) is 4. The quantitative estimate of drug-likeness (QED) is 0.382. The van der Waals surface area contributed by atoms with Crippen LogP contribution in [0.4, 0.5) is 14.5 Å². The van der Waals surface area contributed by atoms with Gasteiger partial charge in [-0.3, -0.25) is 9.78 Å². The van der Waals surface area contributed by atoms with Gasteiger partial charge in [-0.15, -0.1) is 0 Å². The molecule has 0 radical (unpaired) electrons. The van der Waals surface area contributed by atoms with Crippen LogP contribution < -0.4 is 14.8 Å². The maximum atomic E-state index is 12.4. The first-order valence-corrected chi connectivity index (χ1v) is 10.2. The number of halogens is 2. The lowest BCUT2D eigenvalue weighted by molar-refractivity contribution is -0.104. The van der Waals surface area contributed by atoms with E-state index in [1.165, 1.54) is 24.3 Å². The number of anilines is 1. The molecule has 0 saturated carbocycles. The van der Waals surface area contributed by atoms with E-state index in [-0.39, 0.29) is 23.6 Å². The number of alkyl halides is 2. The molecule has 1 saturated heterocycles. The number of ether oxygens (including phenoxy) is 2. The predicted octanol–water partition coefficient (Wildman–Crippen LogP) is 4.13. The van der Waals surface area contributed by atoms with E-state index in [1.54, 1.807) is 37.1 Å². The zero-order chi connectivity index (χ0) is 23.0. The largest absolute Gasteiger partial charge is 0.435 e. The van der Waals surface area contributed by atoms with E-state index in [1.807, 2.05) is 6.07 Å². The van der Waals surface area contributed by atoms with E-state index >= 15 is 0 Å². The first-order valence-electron chi connectivity index (χ1n) is 10.2. The minimum absolute atomic E-state index is 0.0142. The Hall–Kier alpha value is -4.08. The van der Waals surface area contributed by atoms with Crippen LogP contribution in [0.2, 0.25) is 0 Å². The summed E-state index contributed by atoms with van der Waals surface area (Å²) in [6.45, 7) is -1.24. The van der Waals surface area contributed by atoms with Gasteiger partial charge in [0.15, 0.2) is 0 Å². The number of carbonyl (C=O) groups excluding carboxylic acids is 1. The van der Waals surface area contributed by atoms with E-state index in [0.717, 1.165) is 42.6 Å². The first-order chi connectivity index (χ1) is 16.1. The van der Waals surface area contributed by atoms with Crippen LogP contribution in [-0.4, -0.2) is 51.9 Å². The molecular weight excluding hydrogens is 432 g/mol. The van der Waals surface area contributed by atoms with E-state index in [2.05, 4.69) is 29.9 Å². The zero-order valence-electron chi connectivity index (χ0n) is 17.5. The lowest BCUT2D eigenvalue weighted by Gasteiger charge is -2.15. The molecule has 2 aromatic heterocycles. The van der Waals surface area contributed by atoms with Crippen LogP contribution in [0.3, 0.4) is 0 Å². The molecule has 33 heavy (non-hydrogen) atoms. The van der Waals surface area contributed by atoms with Crippen LogP contribution in [0, 0.1) is 0 Å². The molecule has 10 heteroatoms. The number of likely N-dealkylation sites (tertiary alicyclic amines) is 1. The second kappa shape index (κ2) is 10.5. The SMILES string of the molecule is O=CC=CN1CC[C@H](Nc2cncc(-c3cnc(Oc4cccc(OC(F)F)c4)nc3)c2)C1. The maximum Gasteiger partial charge on any atom is 0.387 e. The highest BCUT2D eigenvalue weighted by Crippen LogP contribution is 2.26. The van der Waals surface area contributed by atoms with Crippen molar-refractivity contribution in [3.63, 3.8) is 0 Å². The molecule has 4 rings (SSSR count). The van der Waals surface area contributed by atoms with E-state index < -0.39 is 6.61 Å². The summed E-state index contributed by atoms with van der Waals surface area (Å²) in [4.78, 5) is 25.3. The Kier molecular flexibility index (Phi) is 7.03. The molecule has 0 aliphatic carbocycles. The Morgan fingerprint density at radius 3 is 2.70 bits per heavy atom. The van der Waals surface area contributed by atoms with Gasteiger partial charge in [0.1, 0.15) is 17.8 Å². The lowest BCUT2D eigenvalue weighted by Crippen LogP contribution is -2.23. The van der Waals surface area contributed by atoms with Crippen molar-refractivity contribution in [1.82, 2.24) is 19.9 Å². The average molecular weight is 453 g/mol. The minimum Gasteiger partial charge on any atom is -0.435 e.